The summed E-state index contributed by atoms with van der Waals surface area (Å²) in [5.41, 5.74) is 1.83. The summed E-state index contributed by atoms with van der Waals surface area (Å²) in [6, 6.07) is 10.9. The lowest BCUT2D eigenvalue weighted by Gasteiger charge is -2.27. The molecule has 1 N–H and O–H groups in total. The van der Waals surface area contributed by atoms with Crippen LogP contribution >= 0.6 is 0 Å². The maximum Gasteiger partial charge on any atom is 0.419 e. The van der Waals surface area contributed by atoms with Crippen LogP contribution < -0.4 is 16.0 Å². The smallest absolute Gasteiger partial charge is 0.408 e. The average Bonchev–Trinajstić information content (AvgIpc) is 3.03. The second-order valence-electron chi connectivity index (χ2n) is 6.29. The highest BCUT2D eigenvalue weighted by Crippen LogP contribution is 2.16. The molecule has 3 aromatic rings. The third-order valence-corrected chi connectivity index (χ3v) is 4.50. The molecule has 0 unspecified atom stereocenters. The molecule has 140 valence electrons. The number of nitrogens with one attached hydrogen (secondary N) is 1. The van der Waals surface area contributed by atoms with Gasteiger partial charge in [0.2, 0.25) is 5.91 Å². The van der Waals surface area contributed by atoms with E-state index in [2.05, 4.69) is 15.2 Å². The predicted molar refractivity (Wildman–Crippen MR) is 101 cm³/mol. The van der Waals surface area contributed by atoms with Gasteiger partial charge in [-0.25, -0.2) is 9.78 Å². The molecule has 2 aromatic heterocycles. The van der Waals surface area contributed by atoms with Gasteiger partial charge in [0, 0.05) is 26.1 Å². The number of pyridine rings is 1. The van der Waals surface area contributed by atoms with E-state index in [1.165, 1.54) is 4.57 Å². The van der Waals surface area contributed by atoms with Gasteiger partial charge < -0.3 is 19.4 Å². The van der Waals surface area contributed by atoms with Crippen LogP contribution in [0.5, 0.6) is 0 Å². The van der Waals surface area contributed by atoms with Gasteiger partial charge in [0.05, 0.1) is 30.6 Å². The van der Waals surface area contributed by atoms with Crippen LogP contribution in [0.15, 0.2) is 51.8 Å². The van der Waals surface area contributed by atoms with Gasteiger partial charge in [-0.15, -0.1) is 0 Å². The fraction of sp³-hybridized carbons (Fsp3) is 0.316. The van der Waals surface area contributed by atoms with E-state index in [-0.39, 0.29) is 18.9 Å². The number of hydrogen-bond donors (Lipinski definition) is 1. The van der Waals surface area contributed by atoms with E-state index >= 15 is 0 Å². The van der Waals surface area contributed by atoms with Crippen molar-refractivity contribution in [3.8, 4) is 0 Å². The molecule has 1 aliphatic rings. The van der Waals surface area contributed by atoms with E-state index in [4.69, 9.17) is 9.15 Å². The zero-order valence-corrected chi connectivity index (χ0v) is 14.8. The van der Waals surface area contributed by atoms with Gasteiger partial charge in [0.15, 0.2) is 5.58 Å². The molecule has 4 rings (SSSR count). The first-order valence-corrected chi connectivity index (χ1v) is 8.88. The second kappa shape index (κ2) is 7.63. The van der Waals surface area contributed by atoms with Crippen molar-refractivity contribution in [2.45, 2.75) is 13.0 Å². The number of morpholine rings is 1. The summed E-state index contributed by atoms with van der Waals surface area (Å²) in [6.45, 7) is 3.27. The number of carbonyl (C=O) groups excluding carboxylic acids is 1. The zero-order valence-electron chi connectivity index (χ0n) is 14.8. The van der Waals surface area contributed by atoms with Gasteiger partial charge in [0.1, 0.15) is 5.82 Å². The number of hydrogen-bond acceptors (Lipinski definition) is 6. The van der Waals surface area contributed by atoms with Gasteiger partial charge in [-0.05, 0) is 24.3 Å². The first kappa shape index (κ1) is 17.3. The number of ether oxygens (including phenoxy) is 1. The SMILES string of the molecule is O=C(CCn1c(=O)oc2ccccc21)Nc1ccc(N2CCOCC2)nc1. The molecular formula is C19H20N4O4. The Kier molecular flexibility index (Phi) is 4.88. The van der Waals surface area contributed by atoms with Crippen LogP contribution in [0.4, 0.5) is 11.5 Å². The summed E-state index contributed by atoms with van der Waals surface area (Å²) in [6.07, 6.45) is 1.80. The fourth-order valence-electron chi connectivity index (χ4n) is 3.10. The average molecular weight is 368 g/mol. The molecular weight excluding hydrogens is 348 g/mol. The number of nitrogens with zero attached hydrogens (tertiary/aromatic N) is 3. The Bertz CT molecular complexity index is 987. The highest BCUT2D eigenvalue weighted by Gasteiger charge is 2.13. The number of carbonyl (C=O) groups is 1. The third kappa shape index (κ3) is 3.85. The Labute approximate surface area is 155 Å². The number of rotatable bonds is 5. The lowest BCUT2D eigenvalue weighted by atomic mass is 10.3. The van der Waals surface area contributed by atoms with E-state index in [0.717, 1.165) is 18.9 Å². The Morgan fingerprint density at radius 2 is 1.96 bits per heavy atom. The fourth-order valence-corrected chi connectivity index (χ4v) is 3.10. The molecule has 3 heterocycles. The molecule has 1 aliphatic heterocycles. The number of aryl methyl sites for hydroxylation is 1. The van der Waals surface area contributed by atoms with E-state index in [1.807, 2.05) is 18.2 Å². The highest BCUT2D eigenvalue weighted by molar-refractivity contribution is 5.90. The lowest BCUT2D eigenvalue weighted by molar-refractivity contribution is -0.116. The molecule has 0 radical (unpaired) electrons. The zero-order chi connectivity index (χ0) is 18.6. The summed E-state index contributed by atoms with van der Waals surface area (Å²) < 4.78 is 12.0. The largest absolute Gasteiger partial charge is 0.419 e. The van der Waals surface area contributed by atoms with Crippen molar-refractivity contribution in [3.05, 3.63) is 53.1 Å². The number of aromatic nitrogens is 2. The highest BCUT2D eigenvalue weighted by atomic mass is 16.5. The predicted octanol–water partition coefficient (Wildman–Crippen LogP) is 1.85. The summed E-state index contributed by atoms with van der Waals surface area (Å²) in [5.74, 6) is 0.223. The molecule has 0 spiro atoms. The Balaban J connectivity index is 1.36. The van der Waals surface area contributed by atoms with Crippen LogP contribution in [0.2, 0.25) is 0 Å². The minimum atomic E-state index is -0.458. The van der Waals surface area contributed by atoms with Crippen molar-refractivity contribution in [2.75, 3.05) is 36.5 Å². The molecule has 1 fully saturated rings. The first-order valence-electron chi connectivity index (χ1n) is 8.88. The quantitative estimate of drug-likeness (QED) is 0.739. The summed E-state index contributed by atoms with van der Waals surface area (Å²) >= 11 is 0. The summed E-state index contributed by atoms with van der Waals surface area (Å²) in [5, 5.41) is 2.81. The molecule has 8 nitrogen and oxygen atoms in total. The van der Waals surface area contributed by atoms with Crippen LogP contribution in [0, 0.1) is 0 Å². The van der Waals surface area contributed by atoms with Gasteiger partial charge in [0.25, 0.3) is 0 Å². The Hall–Kier alpha value is -3.13. The van der Waals surface area contributed by atoms with Crippen molar-refractivity contribution >= 4 is 28.5 Å². The molecule has 1 aromatic carbocycles. The standard InChI is InChI=1S/C19H20N4O4/c24-18(7-8-23-15-3-1-2-4-16(15)27-19(23)25)21-14-5-6-17(20-13-14)22-9-11-26-12-10-22/h1-6,13H,7-12H2,(H,21,24). The Morgan fingerprint density at radius 1 is 1.15 bits per heavy atom. The van der Waals surface area contributed by atoms with Crippen LogP contribution in [0.1, 0.15) is 6.42 Å². The summed E-state index contributed by atoms with van der Waals surface area (Å²) in [7, 11) is 0. The maximum atomic E-state index is 12.2. The molecule has 1 saturated heterocycles. The summed E-state index contributed by atoms with van der Waals surface area (Å²) in [4.78, 5) is 30.7. The van der Waals surface area contributed by atoms with E-state index in [1.54, 1.807) is 24.4 Å². The third-order valence-electron chi connectivity index (χ3n) is 4.50. The van der Waals surface area contributed by atoms with Crippen molar-refractivity contribution < 1.29 is 13.9 Å². The van der Waals surface area contributed by atoms with Gasteiger partial charge >= 0.3 is 5.76 Å². The lowest BCUT2D eigenvalue weighted by Crippen LogP contribution is -2.36. The van der Waals surface area contributed by atoms with Crippen molar-refractivity contribution in [1.82, 2.24) is 9.55 Å². The molecule has 0 aliphatic carbocycles. The van der Waals surface area contributed by atoms with E-state index in [0.29, 0.717) is 30.0 Å². The molecule has 0 saturated carbocycles. The minimum Gasteiger partial charge on any atom is -0.408 e. The number of oxazole rings is 1. The van der Waals surface area contributed by atoms with Crippen LogP contribution in [-0.2, 0) is 16.1 Å². The van der Waals surface area contributed by atoms with Crippen molar-refractivity contribution in [2.24, 2.45) is 0 Å². The van der Waals surface area contributed by atoms with Crippen LogP contribution in [-0.4, -0.2) is 41.8 Å². The molecule has 8 heteroatoms. The van der Waals surface area contributed by atoms with E-state index < -0.39 is 5.76 Å². The normalized spacial score (nSPS) is 14.4. The van der Waals surface area contributed by atoms with Gasteiger partial charge in [-0.3, -0.25) is 9.36 Å². The first-order chi connectivity index (χ1) is 13.2. The maximum absolute atomic E-state index is 12.2. The molecule has 0 bridgehead atoms. The number of anilines is 2. The number of amides is 1. The molecule has 27 heavy (non-hydrogen) atoms. The number of para-hydroxylation sites is 2. The topological polar surface area (TPSA) is 89.6 Å². The van der Waals surface area contributed by atoms with Crippen LogP contribution in [0.25, 0.3) is 11.1 Å². The minimum absolute atomic E-state index is 0.161. The number of benzene rings is 1. The molecule has 0 atom stereocenters. The van der Waals surface area contributed by atoms with Crippen molar-refractivity contribution in [1.29, 1.82) is 0 Å². The van der Waals surface area contributed by atoms with Gasteiger partial charge in [-0.2, -0.15) is 0 Å². The van der Waals surface area contributed by atoms with E-state index in [9.17, 15) is 9.59 Å². The Morgan fingerprint density at radius 3 is 2.74 bits per heavy atom. The number of fused-ring (bicyclic) bond motifs is 1. The molecule has 1 amide bonds. The van der Waals surface area contributed by atoms with Gasteiger partial charge in [-0.1, -0.05) is 12.1 Å². The van der Waals surface area contributed by atoms with Crippen LogP contribution in [0.3, 0.4) is 0 Å². The van der Waals surface area contributed by atoms with Crippen molar-refractivity contribution in [3.63, 3.8) is 0 Å². The second-order valence-corrected chi connectivity index (χ2v) is 6.29. The monoisotopic (exact) mass is 368 g/mol.